The fourth-order valence-electron chi connectivity index (χ4n) is 5.29. The second kappa shape index (κ2) is 10.6. The van der Waals surface area contributed by atoms with Crippen LogP contribution in [0.15, 0.2) is 84.0 Å². The van der Waals surface area contributed by atoms with E-state index in [0.29, 0.717) is 5.69 Å². The van der Waals surface area contributed by atoms with Crippen molar-refractivity contribution in [3.8, 4) is 22.8 Å². The number of hydrogen-bond donors (Lipinski definition) is 1. The summed E-state index contributed by atoms with van der Waals surface area (Å²) in [6.45, 7) is 1.95. The fraction of sp³-hybridized carbons (Fsp3) is 0.258. The van der Waals surface area contributed by atoms with Gasteiger partial charge in [-0.15, -0.1) is 13.2 Å². The summed E-state index contributed by atoms with van der Waals surface area (Å²) in [5.41, 5.74) is 6.37. The minimum absolute atomic E-state index is 0.224. The molecule has 0 unspecified atom stereocenters. The van der Waals surface area contributed by atoms with E-state index in [1.54, 1.807) is 18.3 Å². The van der Waals surface area contributed by atoms with Gasteiger partial charge in [0.15, 0.2) is 0 Å². The maximum Gasteiger partial charge on any atom is 0.573 e. The summed E-state index contributed by atoms with van der Waals surface area (Å²) in [6.07, 6.45) is 2.63. The van der Waals surface area contributed by atoms with Crippen molar-refractivity contribution in [3.63, 3.8) is 0 Å². The van der Waals surface area contributed by atoms with Gasteiger partial charge in [-0.2, -0.15) is 0 Å². The van der Waals surface area contributed by atoms with Crippen molar-refractivity contribution in [2.24, 2.45) is 4.99 Å². The molecule has 204 valence electrons. The molecule has 0 spiro atoms. The van der Waals surface area contributed by atoms with Crippen molar-refractivity contribution in [3.05, 3.63) is 90.0 Å². The molecule has 1 fully saturated rings. The van der Waals surface area contributed by atoms with E-state index in [1.807, 2.05) is 60.0 Å². The minimum atomic E-state index is -4.75. The fourth-order valence-corrected chi connectivity index (χ4v) is 5.29. The number of nitrogens with one attached hydrogen (secondary N) is 1. The Balaban J connectivity index is 1.56. The summed E-state index contributed by atoms with van der Waals surface area (Å²) in [6, 6.07) is 21.7. The van der Waals surface area contributed by atoms with Crippen LogP contribution in [-0.2, 0) is 0 Å². The zero-order valence-corrected chi connectivity index (χ0v) is 21.9. The molecule has 0 amide bonds. The number of alkyl halides is 3. The van der Waals surface area contributed by atoms with Gasteiger partial charge in [-0.3, -0.25) is 9.98 Å². The molecule has 1 N–H and O–H groups in total. The molecule has 3 aromatic rings. The van der Waals surface area contributed by atoms with E-state index in [1.165, 1.54) is 18.6 Å². The lowest BCUT2D eigenvalue weighted by molar-refractivity contribution is -0.274. The van der Waals surface area contributed by atoms with Crippen molar-refractivity contribution >= 4 is 22.4 Å². The Hall–Kier alpha value is -4.40. The molecule has 0 atom stereocenters. The maximum absolute atomic E-state index is 12.8. The average Bonchev–Trinajstić information content (AvgIpc) is 2.94. The van der Waals surface area contributed by atoms with Crippen molar-refractivity contribution in [2.75, 3.05) is 5.32 Å². The average molecular weight is 544 g/mol. The Morgan fingerprint density at radius 1 is 0.925 bits per heavy atom. The van der Waals surface area contributed by atoms with Gasteiger partial charge in [-0.1, -0.05) is 31.4 Å². The molecule has 3 aliphatic rings. The van der Waals surface area contributed by atoms with Crippen molar-refractivity contribution in [1.29, 1.82) is 0 Å². The van der Waals surface area contributed by atoms with E-state index in [2.05, 4.69) is 15.0 Å². The molecule has 9 heteroatoms. The molecule has 6 nitrogen and oxygen atoms in total. The van der Waals surface area contributed by atoms with Gasteiger partial charge in [-0.25, -0.2) is 4.98 Å². The van der Waals surface area contributed by atoms with Crippen molar-refractivity contribution in [2.45, 2.75) is 51.4 Å². The predicted octanol–water partition coefficient (Wildman–Crippen LogP) is 7.71. The largest absolute Gasteiger partial charge is 0.573 e. The topological polar surface area (TPSA) is 64.3 Å². The molecule has 2 aromatic carbocycles. The molecule has 0 bridgehead atoms. The number of aryl methyl sites for hydroxylation is 1. The normalized spacial score (nSPS) is 15.1. The first-order chi connectivity index (χ1) is 19.3. The van der Waals surface area contributed by atoms with Gasteiger partial charge in [-0.05, 0) is 80.4 Å². The van der Waals surface area contributed by atoms with E-state index >= 15 is 0 Å². The molecule has 0 saturated heterocycles. The number of nitrogens with zero attached hydrogens (tertiary/aromatic N) is 4. The second-order valence-electron chi connectivity index (χ2n) is 10.0. The molecule has 6 rings (SSSR count). The second-order valence-corrected chi connectivity index (χ2v) is 10.0. The highest BCUT2D eigenvalue weighted by molar-refractivity contribution is 5.84. The number of aromatic nitrogens is 3. The third kappa shape index (κ3) is 5.50. The van der Waals surface area contributed by atoms with E-state index in [4.69, 9.17) is 9.98 Å². The molecule has 0 radical (unpaired) electrons. The van der Waals surface area contributed by atoms with Gasteiger partial charge in [0.1, 0.15) is 5.75 Å². The molecule has 2 aliphatic carbocycles. The number of fused-ring (bicyclic) bond motifs is 2. The van der Waals surface area contributed by atoms with Gasteiger partial charge in [0.25, 0.3) is 0 Å². The number of halogens is 3. The zero-order chi connectivity index (χ0) is 27.7. The first kappa shape index (κ1) is 25.9. The third-order valence-corrected chi connectivity index (χ3v) is 7.20. The van der Waals surface area contributed by atoms with Crippen LogP contribution in [0, 0.1) is 6.92 Å². The monoisotopic (exact) mass is 543 g/mol. The summed E-state index contributed by atoms with van der Waals surface area (Å²) in [5, 5.41) is 4.34. The molecular weight excluding hydrogens is 515 g/mol. The molecule has 1 saturated carbocycles. The number of pyridine rings is 1. The summed E-state index contributed by atoms with van der Waals surface area (Å²) < 4.78 is 44.5. The number of anilines is 2. The van der Waals surface area contributed by atoms with Gasteiger partial charge in [0, 0.05) is 11.9 Å². The Morgan fingerprint density at radius 3 is 2.45 bits per heavy atom. The van der Waals surface area contributed by atoms with Crippen LogP contribution in [0.1, 0.15) is 37.8 Å². The van der Waals surface area contributed by atoms with Crippen LogP contribution in [-0.4, -0.2) is 26.9 Å². The Labute approximate surface area is 229 Å². The molecule has 40 heavy (non-hydrogen) atoms. The molecule has 1 aromatic heterocycles. The van der Waals surface area contributed by atoms with Crippen LogP contribution in [0.2, 0.25) is 0 Å². The van der Waals surface area contributed by atoms with Gasteiger partial charge in [0.05, 0.1) is 50.9 Å². The van der Waals surface area contributed by atoms with Crippen molar-refractivity contribution < 1.29 is 17.9 Å². The number of hydrogen-bond acceptors (Lipinski definition) is 5. The number of ether oxygens (including phenoxy) is 1. The van der Waals surface area contributed by atoms with Crippen LogP contribution >= 0.6 is 0 Å². The Kier molecular flexibility index (Phi) is 6.88. The standard InChI is InChI=1S/C31H28F3N5O/c1-20-24(11-7-17-35-20)37-26-18-28-30(19-27(26)36-21-8-3-2-4-9-21)39(29-12-6-5-10-25(29)38-28)22-13-15-23(16-14-22)40-31(32,33)34/h5-7,10-19,21,37H,2-4,8-9H2,1H3/b36-27+. The van der Waals surface area contributed by atoms with E-state index in [-0.39, 0.29) is 11.8 Å². The van der Waals surface area contributed by atoms with Gasteiger partial charge in [0.2, 0.25) is 0 Å². The van der Waals surface area contributed by atoms with E-state index in [0.717, 1.165) is 70.5 Å². The Bertz CT molecular complexity index is 1690. The quantitative estimate of drug-likeness (QED) is 0.231. The summed E-state index contributed by atoms with van der Waals surface area (Å²) >= 11 is 0. The van der Waals surface area contributed by atoms with Crippen LogP contribution in [0.5, 0.6) is 5.75 Å². The van der Waals surface area contributed by atoms with E-state index < -0.39 is 6.36 Å². The van der Waals surface area contributed by atoms with Gasteiger partial charge >= 0.3 is 6.36 Å². The lowest BCUT2D eigenvalue weighted by Crippen LogP contribution is -2.20. The predicted molar refractivity (Wildman–Crippen MR) is 149 cm³/mol. The van der Waals surface area contributed by atoms with Crippen LogP contribution in [0.4, 0.5) is 24.5 Å². The first-order valence-electron chi connectivity index (χ1n) is 13.4. The summed E-state index contributed by atoms with van der Waals surface area (Å²) in [7, 11) is 0. The van der Waals surface area contributed by atoms with Crippen LogP contribution in [0.25, 0.3) is 28.1 Å². The molecular formula is C31H28F3N5O. The minimum Gasteiger partial charge on any atom is -0.406 e. The van der Waals surface area contributed by atoms with Crippen LogP contribution in [0.3, 0.4) is 0 Å². The summed E-state index contributed by atoms with van der Waals surface area (Å²) in [4.78, 5) is 14.6. The lowest BCUT2D eigenvalue weighted by Gasteiger charge is -2.22. The van der Waals surface area contributed by atoms with Gasteiger partial charge < -0.3 is 14.6 Å². The first-order valence-corrected chi connectivity index (χ1v) is 13.4. The summed E-state index contributed by atoms with van der Waals surface area (Å²) in [5.74, 6) is -0.272. The number of para-hydroxylation sites is 2. The highest BCUT2D eigenvalue weighted by Crippen LogP contribution is 2.32. The third-order valence-electron chi connectivity index (χ3n) is 7.20. The molecule has 1 aliphatic heterocycles. The zero-order valence-electron chi connectivity index (χ0n) is 21.9. The van der Waals surface area contributed by atoms with Crippen molar-refractivity contribution in [1.82, 2.24) is 14.5 Å². The lowest BCUT2D eigenvalue weighted by atomic mass is 9.96. The van der Waals surface area contributed by atoms with Crippen LogP contribution < -0.4 is 15.4 Å². The SMILES string of the molecule is Cc1ncccc1Nc1cc2nc3ccccc3n(-c3ccc(OC(F)(F)F)cc3)c-2c/c1=N\C1CCCCC1. The Morgan fingerprint density at radius 2 is 1.70 bits per heavy atom. The smallest absolute Gasteiger partial charge is 0.406 e. The maximum atomic E-state index is 12.8. The number of rotatable bonds is 5. The highest BCUT2D eigenvalue weighted by Gasteiger charge is 2.31. The molecule has 2 heterocycles. The number of benzene rings is 3. The highest BCUT2D eigenvalue weighted by atomic mass is 19.4. The van der Waals surface area contributed by atoms with E-state index in [9.17, 15) is 13.2 Å².